The van der Waals surface area contributed by atoms with Gasteiger partial charge in [-0.15, -0.1) is 0 Å². The fourth-order valence-electron chi connectivity index (χ4n) is 3.26. The van der Waals surface area contributed by atoms with Crippen LogP contribution in [0.3, 0.4) is 0 Å². The second-order valence-corrected chi connectivity index (χ2v) is 6.55. The Morgan fingerprint density at radius 2 is 1.93 bits per heavy atom. The Kier molecular flexibility index (Phi) is 6.01. The third-order valence-corrected chi connectivity index (χ3v) is 4.61. The van der Waals surface area contributed by atoms with Crippen molar-refractivity contribution in [2.45, 2.75) is 39.0 Å². The minimum atomic E-state index is -0.333. The van der Waals surface area contributed by atoms with Crippen LogP contribution in [-0.2, 0) is 11.2 Å². The SMILES string of the molecule is CCCc1[nH]nc(-c2cccc(F)c2)c1NC(=O)[C@H](CC)c1ccccc1. The fourth-order valence-corrected chi connectivity index (χ4v) is 3.26. The van der Waals surface area contributed by atoms with Crippen molar-refractivity contribution >= 4 is 11.6 Å². The number of nitrogens with one attached hydrogen (secondary N) is 2. The number of H-pyrrole nitrogens is 1. The summed E-state index contributed by atoms with van der Waals surface area (Å²) in [5.74, 6) is -0.670. The molecular formula is C22H24FN3O. The molecule has 0 saturated carbocycles. The van der Waals surface area contributed by atoms with Gasteiger partial charge in [0, 0.05) is 5.56 Å². The average Bonchev–Trinajstić information content (AvgIpc) is 3.06. The lowest BCUT2D eigenvalue weighted by Gasteiger charge is -2.16. The van der Waals surface area contributed by atoms with Crippen molar-refractivity contribution < 1.29 is 9.18 Å². The maximum absolute atomic E-state index is 13.7. The molecule has 0 aliphatic heterocycles. The highest BCUT2D eigenvalue weighted by Crippen LogP contribution is 2.31. The van der Waals surface area contributed by atoms with Gasteiger partial charge in [-0.3, -0.25) is 9.89 Å². The van der Waals surface area contributed by atoms with E-state index in [1.165, 1.54) is 12.1 Å². The molecule has 0 unspecified atom stereocenters. The maximum atomic E-state index is 13.7. The highest BCUT2D eigenvalue weighted by atomic mass is 19.1. The summed E-state index contributed by atoms with van der Waals surface area (Å²) in [4.78, 5) is 13.0. The van der Waals surface area contributed by atoms with E-state index in [0.717, 1.165) is 24.1 Å². The van der Waals surface area contributed by atoms with E-state index in [-0.39, 0.29) is 17.6 Å². The van der Waals surface area contributed by atoms with Crippen molar-refractivity contribution in [2.24, 2.45) is 0 Å². The van der Waals surface area contributed by atoms with Gasteiger partial charge in [-0.1, -0.05) is 62.7 Å². The Morgan fingerprint density at radius 1 is 1.15 bits per heavy atom. The maximum Gasteiger partial charge on any atom is 0.232 e. The first-order valence-corrected chi connectivity index (χ1v) is 9.33. The highest BCUT2D eigenvalue weighted by molar-refractivity contribution is 5.99. The summed E-state index contributed by atoms with van der Waals surface area (Å²) < 4.78 is 13.7. The van der Waals surface area contributed by atoms with Gasteiger partial charge in [-0.2, -0.15) is 5.10 Å². The molecule has 1 heterocycles. The smallest absolute Gasteiger partial charge is 0.232 e. The van der Waals surface area contributed by atoms with Crippen LogP contribution < -0.4 is 5.32 Å². The van der Waals surface area contributed by atoms with Gasteiger partial charge in [0.25, 0.3) is 0 Å². The normalized spacial score (nSPS) is 12.0. The molecule has 3 rings (SSSR count). The van der Waals surface area contributed by atoms with Gasteiger partial charge in [-0.25, -0.2) is 4.39 Å². The lowest BCUT2D eigenvalue weighted by Crippen LogP contribution is -2.21. The molecule has 0 aliphatic carbocycles. The third-order valence-electron chi connectivity index (χ3n) is 4.61. The van der Waals surface area contributed by atoms with E-state index in [1.54, 1.807) is 12.1 Å². The minimum Gasteiger partial charge on any atom is -0.322 e. The first-order chi connectivity index (χ1) is 13.1. The van der Waals surface area contributed by atoms with E-state index in [2.05, 4.69) is 22.4 Å². The Balaban J connectivity index is 1.95. The highest BCUT2D eigenvalue weighted by Gasteiger charge is 2.23. The van der Waals surface area contributed by atoms with Gasteiger partial charge in [0.15, 0.2) is 0 Å². The Morgan fingerprint density at radius 3 is 2.59 bits per heavy atom. The number of carbonyl (C=O) groups is 1. The van der Waals surface area contributed by atoms with Crippen LogP contribution in [0, 0.1) is 5.82 Å². The predicted molar refractivity (Wildman–Crippen MR) is 106 cm³/mol. The predicted octanol–water partition coefficient (Wildman–Crippen LogP) is 5.30. The van der Waals surface area contributed by atoms with Crippen molar-refractivity contribution in [1.82, 2.24) is 10.2 Å². The molecule has 1 atom stereocenters. The molecule has 0 aliphatic rings. The summed E-state index contributed by atoms with van der Waals surface area (Å²) in [6, 6.07) is 16.0. The van der Waals surface area contributed by atoms with E-state index in [1.807, 2.05) is 37.3 Å². The van der Waals surface area contributed by atoms with Crippen LogP contribution in [0.2, 0.25) is 0 Å². The second-order valence-electron chi connectivity index (χ2n) is 6.55. The van der Waals surface area contributed by atoms with Crippen LogP contribution in [0.25, 0.3) is 11.3 Å². The molecule has 1 amide bonds. The summed E-state index contributed by atoms with van der Waals surface area (Å²) in [7, 11) is 0. The molecule has 2 N–H and O–H groups in total. The molecule has 27 heavy (non-hydrogen) atoms. The molecule has 0 fully saturated rings. The number of halogens is 1. The molecule has 0 radical (unpaired) electrons. The number of hydrogen-bond acceptors (Lipinski definition) is 2. The van der Waals surface area contributed by atoms with Crippen LogP contribution in [0.1, 0.15) is 43.9 Å². The van der Waals surface area contributed by atoms with Crippen molar-refractivity contribution in [2.75, 3.05) is 5.32 Å². The lowest BCUT2D eigenvalue weighted by molar-refractivity contribution is -0.117. The van der Waals surface area contributed by atoms with Crippen LogP contribution in [0.15, 0.2) is 54.6 Å². The second kappa shape index (κ2) is 8.62. The number of hydrogen-bond donors (Lipinski definition) is 2. The van der Waals surface area contributed by atoms with Crippen molar-refractivity contribution in [3.63, 3.8) is 0 Å². The molecule has 1 aromatic heterocycles. The van der Waals surface area contributed by atoms with Crippen LogP contribution >= 0.6 is 0 Å². The molecule has 0 saturated heterocycles. The number of nitrogens with zero attached hydrogens (tertiary/aromatic N) is 1. The quantitative estimate of drug-likeness (QED) is 0.597. The third kappa shape index (κ3) is 4.25. The standard InChI is InChI=1S/C22H24FN3O/c1-3-9-19-21(20(26-25-19)16-12-8-13-17(23)14-16)24-22(27)18(4-2)15-10-6-5-7-11-15/h5-8,10-14,18H,3-4,9H2,1-2H3,(H,24,27)(H,25,26)/t18-/m1/s1. The number of aryl methyl sites for hydroxylation is 1. The van der Waals surface area contributed by atoms with Crippen molar-refractivity contribution in [1.29, 1.82) is 0 Å². The monoisotopic (exact) mass is 365 g/mol. The average molecular weight is 365 g/mol. The first kappa shape index (κ1) is 18.8. The number of benzene rings is 2. The number of anilines is 1. The molecule has 5 heteroatoms. The zero-order valence-electron chi connectivity index (χ0n) is 15.6. The fraction of sp³-hybridized carbons (Fsp3) is 0.273. The largest absolute Gasteiger partial charge is 0.322 e. The molecule has 0 bridgehead atoms. The number of aromatic nitrogens is 2. The number of amides is 1. The van der Waals surface area contributed by atoms with E-state index in [0.29, 0.717) is 23.4 Å². The Hall–Kier alpha value is -2.95. The van der Waals surface area contributed by atoms with E-state index >= 15 is 0 Å². The van der Waals surface area contributed by atoms with E-state index < -0.39 is 0 Å². The van der Waals surface area contributed by atoms with Crippen molar-refractivity contribution in [3.8, 4) is 11.3 Å². The van der Waals surface area contributed by atoms with Gasteiger partial charge < -0.3 is 5.32 Å². The van der Waals surface area contributed by atoms with Gasteiger partial charge in [0.05, 0.1) is 17.3 Å². The zero-order valence-corrected chi connectivity index (χ0v) is 15.6. The van der Waals surface area contributed by atoms with Gasteiger partial charge in [-0.05, 0) is 30.5 Å². The topological polar surface area (TPSA) is 57.8 Å². The van der Waals surface area contributed by atoms with Crippen LogP contribution in [-0.4, -0.2) is 16.1 Å². The van der Waals surface area contributed by atoms with Gasteiger partial charge >= 0.3 is 0 Å². The first-order valence-electron chi connectivity index (χ1n) is 9.33. The summed E-state index contributed by atoms with van der Waals surface area (Å²) in [6.07, 6.45) is 2.34. The molecule has 0 spiro atoms. The summed E-state index contributed by atoms with van der Waals surface area (Å²) in [5.41, 5.74) is 3.67. The molecule has 140 valence electrons. The van der Waals surface area contributed by atoms with Crippen LogP contribution in [0.4, 0.5) is 10.1 Å². The number of carbonyl (C=O) groups excluding carboxylic acids is 1. The Labute approximate surface area is 158 Å². The van der Waals surface area contributed by atoms with E-state index in [9.17, 15) is 9.18 Å². The molecule has 2 aromatic carbocycles. The molecule has 3 aromatic rings. The number of rotatable bonds is 7. The van der Waals surface area contributed by atoms with Gasteiger partial charge in [0.1, 0.15) is 11.5 Å². The van der Waals surface area contributed by atoms with E-state index in [4.69, 9.17) is 0 Å². The summed E-state index contributed by atoms with van der Waals surface area (Å²) >= 11 is 0. The molecule has 4 nitrogen and oxygen atoms in total. The molecular weight excluding hydrogens is 341 g/mol. The number of aromatic amines is 1. The zero-order chi connectivity index (χ0) is 19.2. The Bertz CT molecular complexity index is 905. The van der Waals surface area contributed by atoms with Gasteiger partial charge in [0.2, 0.25) is 5.91 Å². The lowest BCUT2D eigenvalue weighted by atomic mass is 9.95. The minimum absolute atomic E-state index is 0.0832. The van der Waals surface area contributed by atoms with Crippen molar-refractivity contribution in [3.05, 3.63) is 71.7 Å². The summed E-state index contributed by atoms with van der Waals surface area (Å²) in [6.45, 7) is 4.06. The van der Waals surface area contributed by atoms with Crippen LogP contribution in [0.5, 0.6) is 0 Å². The summed E-state index contributed by atoms with van der Waals surface area (Å²) in [5, 5.41) is 10.4.